The van der Waals surface area contributed by atoms with Crippen molar-refractivity contribution in [3.05, 3.63) is 65.9 Å². The van der Waals surface area contributed by atoms with Gasteiger partial charge in [0.25, 0.3) is 10.0 Å². The summed E-state index contributed by atoms with van der Waals surface area (Å²) in [6.07, 6.45) is 1.28. The van der Waals surface area contributed by atoms with Crippen LogP contribution in [0.4, 0.5) is 16.2 Å². The first-order valence-electron chi connectivity index (χ1n) is 8.08. The molecule has 8 nitrogen and oxygen atoms in total. The van der Waals surface area contributed by atoms with E-state index < -0.39 is 16.1 Å². The number of hydrogen-bond acceptors (Lipinski definition) is 4. The molecular weight excluding hydrogens is 368 g/mol. The van der Waals surface area contributed by atoms with Crippen LogP contribution in [0.25, 0.3) is 0 Å². The van der Waals surface area contributed by atoms with Crippen molar-refractivity contribution in [3.63, 3.8) is 0 Å². The Morgan fingerprint density at radius 1 is 1.00 bits per heavy atom. The van der Waals surface area contributed by atoms with E-state index >= 15 is 0 Å². The van der Waals surface area contributed by atoms with Gasteiger partial charge < -0.3 is 16.0 Å². The lowest BCUT2D eigenvalue weighted by molar-refractivity contribution is -0.115. The van der Waals surface area contributed by atoms with Crippen molar-refractivity contribution in [1.82, 2.24) is 10.6 Å². The standard InChI is InChI=1S/C18H18N4O4S/c1-12-6-8-14(9-7-12)27(25,26)22-16-5-3-2-4-15(16)21-18(24)20-13-10-17(23)19-11-13/h2-10,22H,11H2,1H3,(H,19,23)(H2,20,21,24). The van der Waals surface area contributed by atoms with Gasteiger partial charge in [-0.05, 0) is 31.2 Å². The highest BCUT2D eigenvalue weighted by Crippen LogP contribution is 2.24. The number of aryl methyl sites for hydroxylation is 1. The Labute approximate surface area is 156 Å². The topological polar surface area (TPSA) is 116 Å². The lowest BCUT2D eigenvalue weighted by Crippen LogP contribution is -2.30. The molecule has 0 atom stereocenters. The molecule has 0 spiro atoms. The van der Waals surface area contributed by atoms with Crippen molar-refractivity contribution in [2.75, 3.05) is 16.6 Å². The number of rotatable bonds is 5. The lowest BCUT2D eigenvalue weighted by atomic mass is 10.2. The number of para-hydroxylation sites is 2. The van der Waals surface area contributed by atoms with Crippen LogP contribution in [0.2, 0.25) is 0 Å². The third-order valence-corrected chi connectivity index (χ3v) is 5.16. The molecule has 1 aliphatic heterocycles. The highest BCUT2D eigenvalue weighted by Gasteiger charge is 2.17. The fourth-order valence-corrected chi connectivity index (χ4v) is 3.50. The van der Waals surface area contributed by atoms with Crippen molar-refractivity contribution < 1.29 is 18.0 Å². The van der Waals surface area contributed by atoms with Crippen LogP contribution in [-0.4, -0.2) is 26.9 Å². The number of anilines is 2. The number of sulfonamides is 1. The molecule has 3 amide bonds. The second-order valence-corrected chi connectivity index (χ2v) is 7.61. The van der Waals surface area contributed by atoms with Crippen molar-refractivity contribution in [3.8, 4) is 0 Å². The van der Waals surface area contributed by atoms with Crippen LogP contribution in [-0.2, 0) is 14.8 Å². The van der Waals surface area contributed by atoms with E-state index in [9.17, 15) is 18.0 Å². The van der Waals surface area contributed by atoms with E-state index in [2.05, 4.69) is 20.7 Å². The monoisotopic (exact) mass is 386 g/mol. The molecule has 0 saturated heterocycles. The number of carbonyl (C=O) groups is 2. The highest BCUT2D eigenvalue weighted by atomic mass is 32.2. The molecule has 140 valence electrons. The number of hydrogen-bond donors (Lipinski definition) is 4. The molecule has 2 aromatic carbocycles. The molecule has 27 heavy (non-hydrogen) atoms. The van der Waals surface area contributed by atoms with Crippen molar-refractivity contribution >= 4 is 33.3 Å². The average molecular weight is 386 g/mol. The number of carbonyl (C=O) groups excluding carboxylic acids is 2. The van der Waals surface area contributed by atoms with Crippen LogP contribution < -0.4 is 20.7 Å². The van der Waals surface area contributed by atoms with E-state index in [1.54, 1.807) is 36.4 Å². The summed E-state index contributed by atoms with van der Waals surface area (Å²) in [5.74, 6) is -0.281. The van der Waals surface area contributed by atoms with Gasteiger partial charge in [0.1, 0.15) is 0 Å². The van der Waals surface area contributed by atoms with Crippen LogP contribution in [0.1, 0.15) is 5.56 Å². The van der Waals surface area contributed by atoms with Gasteiger partial charge in [-0.25, -0.2) is 13.2 Å². The lowest BCUT2D eigenvalue weighted by Gasteiger charge is -2.14. The molecule has 9 heteroatoms. The van der Waals surface area contributed by atoms with Gasteiger partial charge in [0.05, 0.1) is 22.8 Å². The highest BCUT2D eigenvalue weighted by molar-refractivity contribution is 7.92. The zero-order valence-corrected chi connectivity index (χ0v) is 15.3. The van der Waals surface area contributed by atoms with E-state index in [0.29, 0.717) is 5.70 Å². The molecule has 2 aromatic rings. The maximum absolute atomic E-state index is 12.6. The molecule has 0 radical (unpaired) electrons. The van der Waals surface area contributed by atoms with Crippen molar-refractivity contribution in [2.45, 2.75) is 11.8 Å². The molecule has 4 N–H and O–H groups in total. The quantitative estimate of drug-likeness (QED) is 0.628. The number of nitrogens with one attached hydrogen (secondary N) is 4. The fourth-order valence-electron chi connectivity index (χ4n) is 2.42. The smallest absolute Gasteiger partial charge is 0.323 e. The predicted octanol–water partition coefficient (Wildman–Crippen LogP) is 1.93. The summed E-state index contributed by atoms with van der Waals surface area (Å²) in [5, 5.41) is 7.65. The summed E-state index contributed by atoms with van der Waals surface area (Å²) >= 11 is 0. The first-order chi connectivity index (χ1) is 12.8. The average Bonchev–Trinajstić information content (AvgIpc) is 3.01. The van der Waals surface area contributed by atoms with Gasteiger partial charge >= 0.3 is 6.03 Å². The normalized spacial score (nSPS) is 13.5. The fraction of sp³-hybridized carbons (Fsp3) is 0.111. The summed E-state index contributed by atoms with van der Waals surface area (Å²) in [4.78, 5) is 23.4. The van der Waals surface area contributed by atoms with Crippen LogP contribution in [0.3, 0.4) is 0 Å². The Morgan fingerprint density at radius 3 is 2.30 bits per heavy atom. The third-order valence-electron chi connectivity index (χ3n) is 3.78. The summed E-state index contributed by atoms with van der Waals surface area (Å²) in [5.41, 5.74) is 1.88. The first-order valence-corrected chi connectivity index (χ1v) is 9.57. The van der Waals surface area contributed by atoms with E-state index in [4.69, 9.17) is 0 Å². The third kappa shape index (κ3) is 4.64. The maximum atomic E-state index is 12.6. The van der Waals surface area contributed by atoms with Crippen LogP contribution in [0.5, 0.6) is 0 Å². The van der Waals surface area contributed by atoms with E-state index in [1.165, 1.54) is 18.2 Å². The van der Waals surface area contributed by atoms with Crippen LogP contribution in [0.15, 0.2) is 65.2 Å². The molecule has 0 fully saturated rings. The molecule has 0 unspecified atom stereocenters. The van der Waals surface area contributed by atoms with Crippen molar-refractivity contribution in [2.24, 2.45) is 0 Å². The van der Waals surface area contributed by atoms with E-state index in [0.717, 1.165) is 5.56 Å². The van der Waals surface area contributed by atoms with Gasteiger partial charge in [0.2, 0.25) is 5.91 Å². The van der Waals surface area contributed by atoms with Crippen LogP contribution in [0, 0.1) is 6.92 Å². The second-order valence-electron chi connectivity index (χ2n) is 5.93. The maximum Gasteiger partial charge on any atom is 0.323 e. The Hall–Kier alpha value is -3.33. The van der Waals surface area contributed by atoms with E-state index in [-0.39, 0.29) is 28.7 Å². The summed E-state index contributed by atoms with van der Waals surface area (Å²) in [6, 6.07) is 12.3. The minimum atomic E-state index is -3.81. The van der Waals surface area contributed by atoms with Gasteiger partial charge in [0, 0.05) is 11.8 Å². The summed E-state index contributed by atoms with van der Waals surface area (Å²) in [7, 11) is -3.81. The molecule has 0 aliphatic carbocycles. The Bertz CT molecular complexity index is 1010. The largest absolute Gasteiger partial charge is 0.347 e. The minimum Gasteiger partial charge on any atom is -0.347 e. The van der Waals surface area contributed by atoms with Gasteiger partial charge in [-0.1, -0.05) is 29.8 Å². The molecule has 0 saturated carbocycles. The predicted molar refractivity (Wildman–Crippen MR) is 102 cm³/mol. The Morgan fingerprint density at radius 2 is 1.67 bits per heavy atom. The Balaban J connectivity index is 1.75. The van der Waals surface area contributed by atoms with E-state index in [1.807, 2.05) is 6.92 Å². The Kier molecular flexibility index (Phi) is 5.13. The molecular formula is C18H18N4O4S. The molecule has 3 rings (SSSR count). The molecule has 0 aromatic heterocycles. The number of benzene rings is 2. The summed E-state index contributed by atoms with van der Waals surface area (Å²) < 4.78 is 27.6. The van der Waals surface area contributed by atoms with Gasteiger partial charge in [-0.3, -0.25) is 9.52 Å². The van der Waals surface area contributed by atoms with Crippen LogP contribution >= 0.6 is 0 Å². The molecule has 1 aliphatic rings. The zero-order chi connectivity index (χ0) is 19.4. The number of urea groups is 1. The minimum absolute atomic E-state index is 0.119. The molecule has 1 heterocycles. The first kappa shape index (κ1) is 18.5. The second kappa shape index (κ2) is 7.50. The number of amides is 3. The van der Waals surface area contributed by atoms with Gasteiger partial charge in [-0.15, -0.1) is 0 Å². The SMILES string of the molecule is Cc1ccc(S(=O)(=O)Nc2ccccc2NC(=O)NC2=CC(=O)NC2)cc1. The summed E-state index contributed by atoms with van der Waals surface area (Å²) in [6.45, 7) is 2.10. The van der Waals surface area contributed by atoms with Gasteiger partial charge in [-0.2, -0.15) is 0 Å². The van der Waals surface area contributed by atoms with Crippen molar-refractivity contribution in [1.29, 1.82) is 0 Å². The molecule has 0 bridgehead atoms. The zero-order valence-electron chi connectivity index (χ0n) is 14.4. The van der Waals surface area contributed by atoms with Gasteiger partial charge in [0.15, 0.2) is 0 Å².